The first-order chi connectivity index (χ1) is 11.5. The quantitative estimate of drug-likeness (QED) is 0.581. The predicted molar refractivity (Wildman–Crippen MR) is 96.5 cm³/mol. The van der Waals surface area contributed by atoms with E-state index >= 15 is 0 Å². The number of nitro benzene ring substituents is 1. The summed E-state index contributed by atoms with van der Waals surface area (Å²) in [6.07, 6.45) is 2.50. The summed E-state index contributed by atoms with van der Waals surface area (Å²) in [5.74, 6) is -0.0831. The van der Waals surface area contributed by atoms with Crippen molar-refractivity contribution in [3.8, 4) is 0 Å². The molecule has 0 heterocycles. The van der Waals surface area contributed by atoms with Crippen molar-refractivity contribution in [2.75, 3.05) is 19.1 Å². The first kappa shape index (κ1) is 18.2. The van der Waals surface area contributed by atoms with Gasteiger partial charge in [-0.25, -0.2) is 0 Å². The van der Waals surface area contributed by atoms with E-state index in [1.807, 2.05) is 18.4 Å². The van der Waals surface area contributed by atoms with E-state index in [2.05, 4.69) is 0 Å². The Kier molecular flexibility index (Phi) is 6.16. The number of rotatable bonds is 8. The van der Waals surface area contributed by atoms with Crippen LogP contribution in [-0.2, 0) is 11.3 Å². The molecule has 128 valence electrons. The van der Waals surface area contributed by atoms with Gasteiger partial charge in [0.15, 0.2) is 0 Å². The van der Waals surface area contributed by atoms with Gasteiger partial charge < -0.3 is 5.11 Å². The first-order valence-corrected chi connectivity index (χ1v) is 8.92. The van der Waals surface area contributed by atoms with E-state index in [0.717, 1.165) is 16.7 Å². The minimum Gasteiger partial charge on any atom is -0.480 e. The number of likely N-dealkylation sites (N-methyl/N-ethyl adjacent to an activating group) is 1. The van der Waals surface area contributed by atoms with Crippen molar-refractivity contribution < 1.29 is 14.8 Å². The number of aliphatic carboxylic acids is 1. The van der Waals surface area contributed by atoms with Crippen LogP contribution in [0.15, 0.2) is 36.4 Å². The maximum absolute atomic E-state index is 11.5. The Morgan fingerprint density at radius 2 is 1.96 bits per heavy atom. The van der Waals surface area contributed by atoms with E-state index < -0.39 is 16.9 Å². The van der Waals surface area contributed by atoms with Gasteiger partial charge in [0.05, 0.1) is 10.3 Å². The van der Waals surface area contributed by atoms with Gasteiger partial charge in [0.25, 0.3) is 5.69 Å². The standard InChI is InChI=1S/C17H20N2O4S/c1-18(16(17(20)21)9-10-24-2)11-12-5-3-7-14-13(12)6-4-8-15(14)19(22)23/h3-8,16H,9-11H2,1-2H3,(H,20,21)/t16-/m0/s1. The zero-order valence-corrected chi connectivity index (χ0v) is 14.5. The van der Waals surface area contributed by atoms with Crippen LogP contribution in [0.25, 0.3) is 10.8 Å². The molecule has 0 spiro atoms. The van der Waals surface area contributed by atoms with Crippen LogP contribution in [-0.4, -0.2) is 46.0 Å². The lowest BCUT2D eigenvalue weighted by molar-refractivity contribution is -0.383. The number of carboxylic acids is 1. The number of fused-ring (bicyclic) bond motifs is 1. The third-order valence-corrected chi connectivity index (χ3v) is 4.66. The number of hydrogen-bond acceptors (Lipinski definition) is 5. The summed E-state index contributed by atoms with van der Waals surface area (Å²) in [5.41, 5.74) is 0.947. The van der Waals surface area contributed by atoms with Gasteiger partial charge in [0.2, 0.25) is 0 Å². The molecular formula is C17H20N2O4S. The van der Waals surface area contributed by atoms with Crippen molar-refractivity contribution in [3.05, 3.63) is 52.1 Å². The van der Waals surface area contributed by atoms with Crippen LogP contribution in [0.3, 0.4) is 0 Å². The van der Waals surface area contributed by atoms with Crippen LogP contribution in [0.1, 0.15) is 12.0 Å². The van der Waals surface area contributed by atoms with Crippen molar-refractivity contribution in [2.45, 2.75) is 19.0 Å². The van der Waals surface area contributed by atoms with Crippen molar-refractivity contribution in [1.29, 1.82) is 0 Å². The third kappa shape index (κ3) is 4.04. The summed E-state index contributed by atoms with van der Waals surface area (Å²) in [4.78, 5) is 24.1. The second kappa shape index (κ2) is 8.12. The molecule has 7 heteroatoms. The molecule has 0 fully saturated rings. The lowest BCUT2D eigenvalue weighted by Crippen LogP contribution is -2.38. The third-order valence-electron chi connectivity index (χ3n) is 4.02. The van der Waals surface area contributed by atoms with E-state index in [-0.39, 0.29) is 5.69 Å². The Morgan fingerprint density at radius 1 is 1.29 bits per heavy atom. The number of nitro groups is 1. The van der Waals surface area contributed by atoms with Gasteiger partial charge in [-0.05, 0) is 42.5 Å². The highest BCUT2D eigenvalue weighted by Crippen LogP contribution is 2.28. The van der Waals surface area contributed by atoms with E-state index in [4.69, 9.17) is 0 Å². The summed E-state index contributed by atoms with van der Waals surface area (Å²) in [5, 5.41) is 22.0. The molecule has 0 amide bonds. The minimum atomic E-state index is -0.849. The molecule has 0 aliphatic carbocycles. The topological polar surface area (TPSA) is 83.7 Å². The summed E-state index contributed by atoms with van der Waals surface area (Å²) >= 11 is 1.61. The highest BCUT2D eigenvalue weighted by Gasteiger charge is 2.23. The van der Waals surface area contributed by atoms with Crippen molar-refractivity contribution in [2.24, 2.45) is 0 Å². The Hall–Kier alpha value is -2.12. The fourth-order valence-electron chi connectivity index (χ4n) is 2.80. The molecule has 0 saturated carbocycles. The predicted octanol–water partition coefficient (Wildman–Crippen LogP) is 3.39. The van der Waals surface area contributed by atoms with Gasteiger partial charge in [0, 0.05) is 12.6 Å². The smallest absolute Gasteiger partial charge is 0.320 e. The van der Waals surface area contributed by atoms with Crippen LogP contribution >= 0.6 is 11.8 Å². The van der Waals surface area contributed by atoms with Crippen LogP contribution in [0, 0.1) is 10.1 Å². The molecular weight excluding hydrogens is 328 g/mol. The lowest BCUT2D eigenvalue weighted by atomic mass is 10.0. The minimum absolute atomic E-state index is 0.0640. The summed E-state index contributed by atoms with van der Waals surface area (Å²) in [6.45, 7) is 0.420. The Balaban J connectivity index is 2.34. The first-order valence-electron chi connectivity index (χ1n) is 7.52. The number of nitrogens with zero attached hydrogens (tertiary/aromatic N) is 2. The van der Waals surface area contributed by atoms with Gasteiger partial charge in [0.1, 0.15) is 6.04 Å². The Labute approximate surface area is 144 Å². The highest BCUT2D eigenvalue weighted by molar-refractivity contribution is 7.98. The van der Waals surface area contributed by atoms with Gasteiger partial charge in [-0.1, -0.05) is 24.3 Å². The van der Waals surface area contributed by atoms with Crippen molar-refractivity contribution in [1.82, 2.24) is 4.90 Å². The van der Waals surface area contributed by atoms with Crippen LogP contribution in [0.5, 0.6) is 0 Å². The molecule has 0 bridgehead atoms. The maximum Gasteiger partial charge on any atom is 0.320 e. The van der Waals surface area contributed by atoms with Gasteiger partial charge in [-0.15, -0.1) is 0 Å². The number of benzene rings is 2. The maximum atomic E-state index is 11.5. The van der Waals surface area contributed by atoms with Crippen LogP contribution in [0.2, 0.25) is 0 Å². The van der Waals surface area contributed by atoms with Crippen molar-refractivity contribution >= 4 is 34.2 Å². The largest absolute Gasteiger partial charge is 0.480 e. The van der Waals surface area contributed by atoms with E-state index in [1.165, 1.54) is 6.07 Å². The molecule has 2 rings (SSSR count). The zero-order valence-electron chi connectivity index (χ0n) is 13.6. The molecule has 0 aromatic heterocycles. The molecule has 0 aliphatic heterocycles. The fourth-order valence-corrected chi connectivity index (χ4v) is 3.26. The Morgan fingerprint density at radius 3 is 2.58 bits per heavy atom. The number of carboxylic acid groups (broad SMARTS) is 1. The summed E-state index contributed by atoms with van der Waals surface area (Å²) < 4.78 is 0. The molecule has 0 saturated heterocycles. The van der Waals surface area contributed by atoms with Crippen LogP contribution < -0.4 is 0 Å². The van der Waals surface area contributed by atoms with Gasteiger partial charge in [-0.2, -0.15) is 11.8 Å². The molecule has 0 radical (unpaired) electrons. The van der Waals surface area contributed by atoms with Crippen LogP contribution in [0.4, 0.5) is 5.69 Å². The zero-order chi connectivity index (χ0) is 17.7. The average molecular weight is 348 g/mol. The number of carbonyl (C=O) groups is 1. The second-order valence-corrected chi connectivity index (χ2v) is 6.58. The molecule has 1 N–H and O–H groups in total. The monoisotopic (exact) mass is 348 g/mol. The molecule has 2 aromatic rings. The van der Waals surface area contributed by atoms with E-state index in [9.17, 15) is 20.0 Å². The second-order valence-electron chi connectivity index (χ2n) is 5.60. The SMILES string of the molecule is CSCC[C@@H](C(=O)O)N(C)Cc1cccc2c([N+](=O)[O-])cccc12. The van der Waals surface area contributed by atoms with Gasteiger partial charge in [-0.3, -0.25) is 19.8 Å². The van der Waals surface area contributed by atoms with Gasteiger partial charge >= 0.3 is 5.97 Å². The van der Waals surface area contributed by atoms with Crippen molar-refractivity contribution in [3.63, 3.8) is 0 Å². The molecule has 24 heavy (non-hydrogen) atoms. The van der Waals surface area contributed by atoms with E-state index in [0.29, 0.717) is 18.4 Å². The number of thioether (sulfide) groups is 1. The lowest BCUT2D eigenvalue weighted by Gasteiger charge is -2.25. The molecule has 0 unspecified atom stereocenters. The summed E-state index contributed by atoms with van der Waals surface area (Å²) in [6, 6.07) is 9.78. The van der Waals surface area contributed by atoms with E-state index in [1.54, 1.807) is 41.9 Å². The number of hydrogen-bond donors (Lipinski definition) is 1. The fraction of sp³-hybridized carbons (Fsp3) is 0.353. The molecule has 6 nitrogen and oxygen atoms in total. The average Bonchev–Trinajstić information content (AvgIpc) is 2.54. The molecule has 0 aliphatic rings. The molecule has 2 aromatic carbocycles. The molecule has 1 atom stereocenters. The summed E-state index contributed by atoms with van der Waals surface area (Å²) in [7, 11) is 1.77. The normalized spacial score (nSPS) is 12.5. The number of non-ortho nitro benzene ring substituents is 1. The highest BCUT2D eigenvalue weighted by atomic mass is 32.2. The Bertz CT molecular complexity index is 750.